The number of hydrogen-bond donors (Lipinski definition) is 1. The quantitative estimate of drug-likeness (QED) is 0.795. The molecule has 2 saturated carbocycles. The number of nitrogens with zero attached hydrogens (tertiary/aromatic N) is 1. The third-order valence-corrected chi connectivity index (χ3v) is 4.51. The second-order valence-electron chi connectivity index (χ2n) is 6.04. The van der Waals surface area contributed by atoms with E-state index < -0.39 is 0 Å². The molecule has 0 aliphatic heterocycles. The predicted molar refractivity (Wildman–Crippen MR) is 69.4 cm³/mol. The Labute approximate surface area is 101 Å². The van der Waals surface area contributed by atoms with Crippen LogP contribution in [-0.2, 0) is 0 Å². The first-order valence-electron chi connectivity index (χ1n) is 7.22. The van der Waals surface area contributed by atoms with Gasteiger partial charge < -0.3 is 5.73 Å². The van der Waals surface area contributed by atoms with Gasteiger partial charge in [0.1, 0.15) is 0 Å². The summed E-state index contributed by atoms with van der Waals surface area (Å²) in [7, 11) is 0. The van der Waals surface area contributed by atoms with E-state index in [1.54, 1.807) is 0 Å². The van der Waals surface area contributed by atoms with Crippen molar-refractivity contribution in [3.8, 4) is 0 Å². The molecule has 0 heterocycles. The van der Waals surface area contributed by atoms with E-state index in [1.165, 1.54) is 51.5 Å². The molecule has 2 nitrogen and oxygen atoms in total. The maximum absolute atomic E-state index is 6.00. The van der Waals surface area contributed by atoms with Crippen molar-refractivity contribution in [1.29, 1.82) is 0 Å². The van der Waals surface area contributed by atoms with Gasteiger partial charge in [-0.3, -0.25) is 4.90 Å². The van der Waals surface area contributed by atoms with E-state index in [0.29, 0.717) is 6.04 Å². The molecule has 2 rings (SSSR count). The van der Waals surface area contributed by atoms with Gasteiger partial charge in [0, 0.05) is 18.1 Å². The molecule has 0 atom stereocenters. The maximum atomic E-state index is 6.00. The van der Waals surface area contributed by atoms with Crippen LogP contribution in [0.1, 0.15) is 58.8 Å². The van der Waals surface area contributed by atoms with Gasteiger partial charge in [0.15, 0.2) is 0 Å². The molecule has 0 radical (unpaired) electrons. The van der Waals surface area contributed by atoms with Gasteiger partial charge in [-0.05, 0) is 57.4 Å². The van der Waals surface area contributed by atoms with Crippen molar-refractivity contribution in [2.75, 3.05) is 6.54 Å². The zero-order valence-electron chi connectivity index (χ0n) is 11.0. The van der Waals surface area contributed by atoms with Gasteiger partial charge in [-0.1, -0.05) is 13.8 Å². The van der Waals surface area contributed by atoms with E-state index in [-0.39, 0.29) is 0 Å². The second-order valence-corrected chi connectivity index (χ2v) is 6.04. The average molecular weight is 224 g/mol. The summed E-state index contributed by atoms with van der Waals surface area (Å²) in [4.78, 5) is 2.81. The van der Waals surface area contributed by atoms with Gasteiger partial charge in [-0.2, -0.15) is 0 Å². The molecular formula is C14H28N2. The van der Waals surface area contributed by atoms with E-state index in [2.05, 4.69) is 18.7 Å². The van der Waals surface area contributed by atoms with Crippen molar-refractivity contribution in [3.63, 3.8) is 0 Å². The lowest BCUT2D eigenvalue weighted by atomic mass is 9.78. The van der Waals surface area contributed by atoms with Gasteiger partial charge in [0.25, 0.3) is 0 Å². The Morgan fingerprint density at radius 2 is 1.69 bits per heavy atom. The van der Waals surface area contributed by atoms with Gasteiger partial charge >= 0.3 is 0 Å². The van der Waals surface area contributed by atoms with E-state index in [1.807, 2.05) is 0 Å². The van der Waals surface area contributed by atoms with Crippen molar-refractivity contribution in [2.24, 2.45) is 11.7 Å². The summed E-state index contributed by atoms with van der Waals surface area (Å²) in [5.41, 5.74) is 6.00. The van der Waals surface area contributed by atoms with Gasteiger partial charge in [-0.25, -0.2) is 0 Å². The summed E-state index contributed by atoms with van der Waals surface area (Å²) >= 11 is 0. The standard InChI is InChI=1S/C14H28N2/c1-3-8-16(14-9-11(2)10-14)13-6-4-12(15)5-7-13/h11-14H,3-10,15H2,1-2H3. The van der Waals surface area contributed by atoms with Crippen LogP contribution in [0.15, 0.2) is 0 Å². The molecule has 0 bridgehead atoms. The van der Waals surface area contributed by atoms with Gasteiger partial charge in [0.2, 0.25) is 0 Å². The molecule has 0 aromatic carbocycles. The fourth-order valence-electron chi connectivity index (χ4n) is 3.49. The van der Waals surface area contributed by atoms with Gasteiger partial charge in [0.05, 0.1) is 0 Å². The Morgan fingerprint density at radius 1 is 1.06 bits per heavy atom. The van der Waals surface area contributed by atoms with Crippen molar-refractivity contribution in [1.82, 2.24) is 4.90 Å². The number of hydrogen-bond acceptors (Lipinski definition) is 2. The van der Waals surface area contributed by atoms with Crippen LogP contribution < -0.4 is 5.73 Å². The maximum Gasteiger partial charge on any atom is 0.0103 e. The molecule has 2 fully saturated rings. The predicted octanol–water partition coefficient (Wildman–Crippen LogP) is 2.77. The lowest BCUT2D eigenvalue weighted by molar-refractivity contribution is 0.0310. The summed E-state index contributed by atoms with van der Waals surface area (Å²) in [5, 5.41) is 0. The molecule has 0 unspecified atom stereocenters. The first kappa shape index (κ1) is 12.4. The first-order chi connectivity index (χ1) is 7.70. The molecular weight excluding hydrogens is 196 g/mol. The second kappa shape index (κ2) is 5.50. The summed E-state index contributed by atoms with van der Waals surface area (Å²) in [6, 6.07) is 2.23. The Hall–Kier alpha value is -0.0800. The molecule has 94 valence electrons. The van der Waals surface area contributed by atoms with Crippen LogP contribution >= 0.6 is 0 Å². The highest BCUT2D eigenvalue weighted by Gasteiger charge is 2.35. The van der Waals surface area contributed by atoms with E-state index in [4.69, 9.17) is 5.73 Å². The number of nitrogens with two attached hydrogens (primary N) is 1. The van der Waals surface area contributed by atoms with Crippen molar-refractivity contribution in [3.05, 3.63) is 0 Å². The lowest BCUT2D eigenvalue weighted by Crippen LogP contribution is -2.51. The van der Waals surface area contributed by atoms with Crippen LogP contribution in [0.3, 0.4) is 0 Å². The van der Waals surface area contributed by atoms with E-state index in [0.717, 1.165) is 18.0 Å². The van der Waals surface area contributed by atoms with Crippen LogP contribution in [0.4, 0.5) is 0 Å². The first-order valence-corrected chi connectivity index (χ1v) is 7.22. The molecule has 0 aromatic heterocycles. The molecule has 16 heavy (non-hydrogen) atoms. The highest BCUT2D eigenvalue weighted by molar-refractivity contribution is 4.90. The minimum atomic E-state index is 0.486. The highest BCUT2D eigenvalue weighted by atomic mass is 15.2. The Bertz CT molecular complexity index is 203. The molecule has 0 aromatic rings. The van der Waals surface area contributed by atoms with E-state index in [9.17, 15) is 0 Å². The minimum absolute atomic E-state index is 0.486. The smallest absolute Gasteiger partial charge is 0.0103 e. The zero-order chi connectivity index (χ0) is 11.5. The van der Waals surface area contributed by atoms with E-state index >= 15 is 0 Å². The largest absolute Gasteiger partial charge is 0.328 e. The summed E-state index contributed by atoms with van der Waals surface area (Å²) in [6.07, 6.45) is 9.33. The molecule has 0 amide bonds. The minimum Gasteiger partial charge on any atom is -0.328 e. The summed E-state index contributed by atoms with van der Waals surface area (Å²) < 4.78 is 0. The Morgan fingerprint density at radius 3 is 2.19 bits per heavy atom. The number of rotatable bonds is 4. The lowest BCUT2D eigenvalue weighted by Gasteiger charge is -2.47. The Kier molecular flexibility index (Phi) is 4.26. The highest BCUT2D eigenvalue weighted by Crippen LogP contribution is 2.35. The topological polar surface area (TPSA) is 29.3 Å². The normalized spacial score (nSPS) is 39.8. The molecule has 2 N–H and O–H groups in total. The summed E-state index contributed by atoms with van der Waals surface area (Å²) in [6.45, 7) is 6.00. The molecule has 2 aliphatic rings. The molecule has 2 heteroatoms. The summed E-state index contributed by atoms with van der Waals surface area (Å²) in [5.74, 6) is 0.968. The van der Waals surface area contributed by atoms with Gasteiger partial charge in [-0.15, -0.1) is 0 Å². The van der Waals surface area contributed by atoms with Crippen LogP contribution in [0, 0.1) is 5.92 Å². The average Bonchev–Trinajstić information content (AvgIpc) is 2.24. The zero-order valence-corrected chi connectivity index (χ0v) is 11.0. The van der Waals surface area contributed by atoms with Crippen LogP contribution in [0.2, 0.25) is 0 Å². The fourth-order valence-corrected chi connectivity index (χ4v) is 3.49. The fraction of sp³-hybridized carbons (Fsp3) is 1.00. The Balaban J connectivity index is 1.86. The third kappa shape index (κ3) is 2.78. The van der Waals surface area contributed by atoms with Crippen LogP contribution in [-0.4, -0.2) is 29.6 Å². The van der Waals surface area contributed by atoms with Crippen LogP contribution in [0.25, 0.3) is 0 Å². The van der Waals surface area contributed by atoms with Crippen molar-refractivity contribution < 1.29 is 0 Å². The SMILES string of the molecule is CCCN(C1CCC(N)CC1)C1CC(C)C1. The molecule has 0 spiro atoms. The van der Waals surface area contributed by atoms with Crippen LogP contribution in [0.5, 0.6) is 0 Å². The third-order valence-electron chi connectivity index (χ3n) is 4.51. The van der Waals surface area contributed by atoms with Crippen molar-refractivity contribution in [2.45, 2.75) is 76.9 Å². The monoisotopic (exact) mass is 224 g/mol. The molecule has 2 aliphatic carbocycles. The molecule has 0 saturated heterocycles. The van der Waals surface area contributed by atoms with Crippen molar-refractivity contribution >= 4 is 0 Å².